The molecule has 2 fully saturated rings. The number of carbonyl (C=O) groups excluding carboxylic acids is 1. The fourth-order valence-corrected chi connectivity index (χ4v) is 4.37. The van der Waals surface area contributed by atoms with E-state index in [0.717, 1.165) is 70.3 Å². The van der Waals surface area contributed by atoms with Crippen LogP contribution in [0, 0.1) is 0 Å². The first-order chi connectivity index (χ1) is 17.1. The number of amides is 1. The highest BCUT2D eigenvalue weighted by Gasteiger charge is 2.17. The van der Waals surface area contributed by atoms with Crippen LogP contribution >= 0.6 is 0 Å². The lowest BCUT2D eigenvalue weighted by molar-refractivity contribution is 0.0362. The van der Waals surface area contributed by atoms with Crippen LogP contribution in [0.25, 0.3) is 0 Å². The van der Waals surface area contributed by atoms with Gasteiger partial charge in [0.05, 0.1) is 24.6 Å². The zero-order valence-corrected chi connectivity index (χ0v) is 20.4. The van der Waals surface area contributed by atoms with Crippen LogP contribution in [0.3, 0.4) is 0 Å². The molecule has 2 aliphatic rings. The predicted octanol–water partition coefficient (Wildman–Crippen LogP) is 2.51. The molecule has 2 saturated heterocycles. The average Bonchev–Trinajstić information content (AvgIpc) is 3.39. The smallest absolute Gasteiger partial charge is 0.274 e. The van der Waals surface area contributed by atoms with Crippen LogP contribution in [0.4, 0.5) is 11.4 Å². The summed E-state index contributed by atoms with van der Waals surface area (Å²) in [4.78, 5) is 21.7. The Morgan fingerprint density at radius 1 is 1.11 bits per heavy atom. The number of morpholine rings is 1. The number of hydrogen-bond acceptors (Lipinski definition) is 8. The first-order valence-corrected chi connectivity index (χ1v) is 12.4. The maximum absolute atomic E-state index is 12.6. The Morgan fingerprint density at radius 3 is 2.60 bits per heavy atom. The summed E-state index contributed by atoms with van der Waals surface area (Å²) < 4.78 is 5.46. The molecule has 4 N–H and O–H groups in total. The Labute approximate surface area is 207 Å². The number of nitrogens with two attached hydrogens (primary N) is 1. The van der Waals surface area contributed by atoms with E-state index in [-0.39, 0.29) is 5.91 Å². The van der Waals surface area contributed by atoms with Gasteiger partial charge in [0.1, 0.15) is 11.5 Å². The van der Waals surface area contributed by atoms with E-state index < -0.39 is 0 Å². The van der Waals surface area contributed by atoms with Crippen molar-refractivity contribution in [2.24, 2.45) is 0 Å². The molecule has 0 radical (unpaired) electrons. The Hall–Kier alpha value is -3.14. The lowest BCUT2D eigenvalue weighted by Crippen LogP contribution is -2.42. The van der Waals surface area contributed by atoms with E-state index >= 15 is 0 Å². The van der Waals surface area contributed by atoms with Crippen molar-refractivity contribution in [1.29, 1.82) is 0 Å². The number of carbonyl (C=O) groups is 1. The van der Waals surface area contributed by atoms with Gasteiger partial charge in [-0.1, -0.05) is 24.8 Å². The summed E-state index contributed by atoms with van der Waals surface area (Å²) in [5.74, 6) is 0.618. The summed E-state index contributed by atoms with van der Waals surface area (Å²) >= 11 is 0. The maximum Gasteiger partial charge on any atom is 0.274 e. The van der Waals surface area contributed by atoms with Crippen molar-refractivity contribution in [3.05, 3.63) is 66.3 Å². The van der Waals surface area contributed by atoms with Gasteiger partial charge in [0.15, 0.2) is 0 Å². The van der Waals surface area contributed by atoms with E-state index in [2.05, 4.69) is 37.1 Å². The average molecular weight is 480 g/mol. The fraction of sp³-hybridized carbons (Fsp3) is 0.462. The molecule has 2 aliphatic heterocycles. The molecule has 9 heteroatoms. The molecule has 0 atom stereocenters. The summed E-state index contributed by atoms with van der Waals surface area (Å²) in [6.45, 7) is 12.6. The normalized spacial score (nSPS) is 16.7. The van der Waals surface area contributed by atoms with Gasteiger partial charge in [0.2, 0.25) is 0 Å². The SMILES string of the molecule is C=C(NN1CCCC1)N(CCCN1CCOCC1)Cc1ccc(C(=O)Nc2ccccc2N)nc1. The summed E-state index contributed by atoms with van der Waals surface area (Å²) in [6.07, 6.45) is 5.22. The third-order valence-corrected chi connectivity index (χ3v) is 6.42. The number of aromatic nitrogens is 1. The minimum absolute atomic E-state index is 0.281. The van der Waals surface area contributed by atoms with E-state index in [9.17, 15) is 4.79 Å². The molecule has 188 valence electrons. The number of benzene rings is 1. The highest BCUT2D eigenvalue weighted by molar-refractivity contribution is 6.04. The highest BCUT2D eigenvalue weighted by Crippen LogP contribution is 2.18. The monoisotopic (exact) mass is 479 g/mol. The number of nitrogens with one attached hydrogen (secondary N) is 2. The van der Waals surface area contributed by atoms with E-state index in [0.29, 0.717) is 23.6 Å². The molecule has 0 aliphatic carbocycles. The van der Waals surface area contributed by atoms with Gasteiger partial charge in [-0.05, 0) is 43.0 Å². The van der Waals surface area contributed by atoms with Crippen LogP contribution in [-0.2, 0) is 11.3 Å². The predicted molar refractivity (Wildman–Crippen MR) is 138 cm³/mol. The number of nitrogen functional groups attached to an aromatic ring is 1. The van der Waals surface area contributed by atoms with Crippen molar-refractivity contribution >= 4 is 17.3 Å². The van der Waals surface area contributed by atoms with Gasteiger partial charge < -0.3 is 26.1 Å². The molecule has 0 spiro atoms. The number of rotatable bonds is 11. The maximum atomic E-state index is 12.6. The van der Waals surface area contributed by atoms with Crippen molar-refractivity contribution in [2.45, 2.75) is 25.8 Å². The third kappa shape index (κ3) is 7.42. The van der Waals surface area contributed by atoms with E-state index in [1.54, 1.807) is 24.4 Å². The number of ether oxygens (including phenoxy) is 1. The molecule has 3 heterocycles. The Balaban J connectivity index is 1.35. The van der Waals surface area contributed by atoms with Gasteiger partial charge in [0.25, 0.3) is 5.91 Å². The number of anilines is 2. The van der Waals surface area contributed by atoms with Gasteiger partial charge in [-0.2, -0.15) is 0 Å². The molecule has 2 aromatic rings. The third-order valence-electron chi connectivity index (χ3n) is 6.42. The van der Waals surface area contributed by atoms with Crippen molar-refractivity contribution < 1.29 is 9.53 Å². The lowest BCUT2D eigenvalue weighted by Gasteiger charge is -2.32. The fourth-order valence-electron chi connectivity index (χ4n) is 4.37. The Kier molecular flexibility index (Phi) is 8.94. The van der Waals surface area contributed by atoms with Gasteiger partial charge in [-0.25, -0.2) is 5.01 Å². The van der Waals surface area contributed by atoms with E-state index in [1.807, 2.05) is 18.2 Å². The molecule has 0 bridgehead atoms. The van der Waals surface area contributed by atoms with E-state index in [4.69, 9.17) is 10.5 Å². The molecule has 0 saturated carbocycles. The Morgan fingerprint density at radius 2 is 1.89 bits per heavy atom. The van der Waals surface area contributed by atoms with Crippen molar-refractivity contribution in [1.82, 2.24) is 25.2 Å². The van der Waals surface area contributed by atoms with Crippen LogP contribution in [0.15, 0.2) is 55.0 Å². The van der Waals surface area contributed by atoms with Crippen LogP contribution in [0.5, 0.6) is 0 Å². The minimum atomic E-state index is -0.281. The Bertz CT molecular complexity index is 970. The largest absolute Gasteiger partial charge is 0.397 e. The standard InChI is InChI=1S/C26H37N7O2/c1-21(30-33-13-4-5-14-33)32(12-6-11-31-15-17-35-18-16-31)20-22-9-10-25(28-19-22)26(34)29-24-8-3-2-7-23(24)27/h2-3,7-10,19,30H,1,4-6,11-18,20,27H2,(H,29,34). The molecular weight excluding hydrogens is 442 g/mol. The number of pyridine rings is 1. The molecule has 1 aromatic heterocycles. The van der Waals surface area contributed by atoms with Gasteiger partial charge in [-0.3, -0.25) is 14.7 Å². The van der Waals surface area contributed by atoms with Gasteiger partial charge in [-0.15, -0.1) is 0 Å². The lowest BCUT2D eigenvalue weighted by atomic mass is 10.2. The van der Waals surface area contributed by atoms with Crippen LogP contribution in [0.2, 0.25) is 0 Å². The first-order valence-electron chi connectivity index (χ1n) is 12.4. The molecular formula is C26H37N7O2. The molecule has 1 amide bonds. The number of hydrazine groups is 1. The van der Waals surface area contributed by atoms with Gasteiger partial charge in [0, 0.05) is 52.0 Å². The number of para-hydroxylation sites is 2. The second-order valence-corrected chi connectivity index (χ2v) is 9.07. The first kappa shape index (κ1) is 25.0. The number of hydrogen-bond donors (Lipinski definition) is 3. The molecule has 1 aromatic carbocycles. The van der Waals surface area contributed by atoms with Crippen LogP contribution in [0.1, 0.15) is 35.3 Å². The summed E-state index contributed by atoms with van der Waals surface area (Å²) in [5, 5.41) is 5.06. The quantitative estimate of drug-likeness (QED) is 0.423. The zero-order valence-electron chi connectivity index (χ0n) is 20.4. The summed E-state index contributed by atoms with van der Waals surface area (Å²) in [5.41, 5.74) is 11.9. The van der Waals surface area contributed by atoms with Crippen molar-refractivity contribution in [3.63, 3.8) is 0 Å². The molecule has 0 unspecified atom stereocenters. The van der Waals surface area contributed by atoms with Gasteiger partial charge >= 0.3 is 0 Å². The molecule has 4 rings (SSSR count). The minimum Gasteiger partial charge on any atom is -0.397 e. The summed E-state index contributed by atoms with van der Waals surface area (Å²) in [7, 11) is 0. The molecule has 35 heavy (non-hydrogen) atoms. The summed E-state index contributed by atoms with van der Waals surface area (Å²) in [6, 6.07) is 10.9. The topological polar surface area (TPSA) is 99.0 Å². The number of nitrogens with zero attached hydrogens (tertiary/aromatic N) is 4. The van der Waals surface area contributed by atoms with Crippen molar-refractivity contribution in [3.8, 4) is 0 Å². The zero-order chi connectivity index (χ0) is 24.5. The second kappa shape index (κ2) is 12.5. The van der Waals surface area contributed by atoms with E-state index in [1.165, 1.54) is 12.8 Å². The second-order valence-electron chi connectivity index (χ2n) is 9.07. The molecule has 9 nitrogen and oxygen atoms in total. The van der Waals surface area contributed by atoms with Crippen LogP contribution in [-0.4, -0.2) is 78.2 Å². The highest BCUT2D eigenvalue weighted by atomic mass is 16.5. The van der Waals surface area contributed by atoms with Crippen LogP contribution < -0.4 is 16.5 Å². The van der Waals surface area contributed by atoms with Crippen molar-refractivity contribution in [2.75, 3.05) is 63.5 Å².